The van der Waals surface area contributed by atoms with Gasteiger partial charge in [0, 0.05) is 12.7 Å². The highest BCUT2D eigenvalue weighted by Crippen LogP contribution is 2.33. The van der Waals surface area contributed by atoms with Crippen molar-refractivity contribution in [1.29, 1.82) is 0 Å². The number of likely N-dealkylation sites (N-methyl/N-ethyl adjacent to an activating group) is 1. The summed E-state index contributed by atoms with van der Waals surface area (Å²) < 4.78 is 48.2. The number of nitrogens with zero attached hydrogens (tertiary/aromatic N) is 2. The van der Waals surface area contributed by atoms with Crippen LogP contribution in [0.15, 0.2) is 102 Å². The minimum Gasteiger partial charge on any atom is -0.457 e. The average molecular weight is 643 g/mol. The molecule has 9 heteroatoms. The number of ether oxygens (including phenoxy) is 1. The van der Waals surface area contributed by atoms with Gasteiger partial charge in [0.05, 0.1) is 23.5 Å². The Morgan fingerprint density at radius 2 is 1.52 bits per heavy atom. The molecule has 0 bridgehead atoms. The van der Waals surface area contributed by atoms with Gasteiger partial charge < -0.3 is 9.64 Å². The van der Waals surface area contributed by atoms with E-state index in [9.17, 15) is 18.0 Å². The number of anilines is 1. The Bertz CT molecular complexity index is 1750. The molecule has 0 spiro atoms. The van der Waals surface area contributed by atoms with Gasteiger partial charge in [-0.05, 0) is 72.7 Å². The van der Waals surface area contributed by atoms with Gasteiger partial charge in [-0.25, -0.2) is 17.6 Å². The molecule has 1 saturated carbocycles. The molecule has 0 atom stereocenters. The third-order valence-electron chi connectivity index (χ3n) is 8.48. The number of hydrogen-bond acceptors (Lipinski definition) is 5. The van der Waals surface area contributed by atoms with Gasteiger partial charge >= 0.3 is 5.97 Å². The fraction of sp³-hybridized carbons (Fsp3) is 0.297. The molecular weight excluding hydrogens is 603 g/mol. The molecule has 1 aliphatic rings. The largest absolute Gasteiger partial charge is 0.457 e. The second-order valence-electron chi connectivity index (χ2n) is 11.9. The van der Waals surface area contributed by atoms with Gasteiger partial charge in [0.1, 0.15) is 12.4 Å². The SMILES string of the molecule is Cc1ccc(S(=O)(=O)N(C)CC(=O)N(Cc2ccc(C3CCCCC3)cc2)c2ccc(C(=O)OCc3ccccc3)c(F)c2)cc1. The molecule has 1 amide bonds. The van der Waals surface area contributed by atoms with E-state index < -0.39 is 34.3 Å². The summed E-state index contributed by atoms with van der Waals surface area (Å²) in [7, 11) is -2.62. The number of sulfonamides is 1. The minimum atomic E-state index is -3.96. The predicted molar refractivity (Wildman–Crippen MR) is 176 cm³/mol. The van der Waals surface area contributed by atoms with Crippen LogP contribution in [0.5, 0.6) is 0 Å². The molecule has 0 aliphatic heterocycles. The van der Waals surface area contributed by atoms with E-state index in [1.165, 1.54) is 61.0 Å². The van der Waals surface area contributed by atoms with E-state index in [0.29, 0.717) is 5.92 Å². The summed E-state index contributed by atoms with van der Waals surface area (Å²) in [6.45, 7) is 1.46. The zero-order valence-electron chi connectivity index (χ0n) is 26.2. The van der Waals surface area contributed by atoms with E-state index >= 15 is 4.39 Å². The molecule has 0 radical (unpaired) electrons. The van der Waals surface area contributed by atoms with Crippen LogP contribution >= 0.6 is 0 Å². The van der Waals surface area contributed by atoms with E-state index in [0.717, 1.165) is 39.9 Å². The van der Waals surface area contributed by atoms with Gasteiger partial charge in [-0.1, -0.05) is 91.6 Å². The number of rotatable bonds is 11. The smallest absolute Gasteiger partial charge is 0.341 e. The van der Waals surface area contributed by atoms with Gasteiger partial charge in [-0.3, -0.25) is 4.79 Å². The van der Waals surface area contributed by atoms with E-state index in [2.05, 4.69) is 12.1 Å². The molecule has 0 saturated heterocycles. The van der Waals surface area contributed by atoms with Crippen molar-refractivity contribution in [3.8, 4) is 0 Å². The Balaban J connectivity index is 1.38. The predicted octanol–water partition coefficient (Wildman–Crippen LogP) is 7.39. The molecule has 1 aliphatic carbocycles. The Hall–Kier alpha value is -4.34. The Morgan fingerprint density at radius 1 is 0.848 bits per heavy atom. The topological polar surface area (TPSA) is 84.0 Å². The molecule has 0 N–H and O–H groups in total. The molecule has 240 valence electrons. The summed E-state index contributed by atoms with van der Waals surface area (Å²) in [6, 6.07) is 27.4. The van der Waals surface area contributed by atoms with Crippen molar-refractivity contribution < 1.29 is 27.1 Å². The average Bonchev–Trinajstić information content (AvgIpc) is 3.07. The molecular formula is C37H39FN2O5S. The zero-order valence-corrected chi connectivity index (χ0v) is 27.0. The molecule has 0 heterocycles. The number of carbonyl (C=O) groups excluding carboxylic acids is 2. The van der Waals surface area contributed by atoms with Crippen LogP contribution in [-0.4, -0.2) is 38.2 Å². The minimum absolute atomic E-state index is 0.00980. The maximum atomic E-state index is 15.4. The van der Waals surface area contributed by atoms with E-state index in [1.807, 2.05) is 37.3 Å². The normalized spacial score (nSPS) is 13.8. The highest BCUT2D eigenvalue weighted by Gasteiger charge is 2.27. The quantitative estimate of drug-likeness (QED) is 0.159. The maximum absolute atomic E-state index is 15.4. The molecule has 5 rings (SSSR count). The van der Waals surface area contributed by atoms with E-state index in [1.54, 1.807) is 24.3 Å². The first-order valence-electron chi connectivity index (χ1n) is 15.5. The van der Waals surface area contributed by atoms with Crippen molar-refractivity contribution in [1.82, 2.24) is 4.31 Å². The third kappa shape index (κ3) is 8.08. The van der Waals surface area contributed by atoms with Crippen LogP contribution < -0.4 is 4.90 Å². The van der Waals surface area contributed by atoms with Crippen LogP contribution in [0.3, 0.4) is 0 Å². The van der Waals surface area contributed by atoms with E-state index in [-0.39, 0.29) is 29.3 Å². The highest BCUT2D eigenvalue weighted by molar-refractivity contribution is 7.89. The first-order valence-corrected chi connectivity index (χ1v) is 17.0. The molecule has 4 aromatic rings. The van der Waals surface area contributed by atoms with Crippen LogP contribution in [0.1, 0.15) is 70.6 Å². The summed E-state index contributed by atoms with van der Waals surface area (Å²) in [4.78, 5) is 27.9. The van der Waals surface area contributed by atoms with Crippen molar-refractivity contribution in [3.05, 3.63) is 131 Å². The van der Waals surface area contributed by atoms with Gasteiger partial charge in [-0.2, -0.15) is 4.31 Å². The lowest BCUT2D eigenvalue weighted by Gasteiger charge is -2.27. The van der Waals surface area contributed by atoms with Crippen molar-refractivity contribution >= 4 is 27.6 Å². The van der Waals surface area contributed by atoms with Gasteiger partial charge in [0.25, 0.3) is 0 Å². The number of benzene rings is 4. The summed E-state index contributed by atoms with van der Waals surface area (Å²) >= 11 is 0. The van der Waals surface area contributed by atoms with Crippen molar-refractivity contribution in [2.45, 2.75) is 63.0 Å². The number of hydrogen-bond donors (Lipinski definition) is 0. The molecule has 1 fully saturated rings. The monoisotopic (exact) mass is 642 g/mol. The molecule has 0 unspecified atom stereocenters. The number of esters is 1. The standard InChI is InChI=1S/C37H39FN2O5S/c1-27-13-20-33(21-14-27)46(43,44)39(2)25-36(41)40(24-28-15-17-31(18-16-28)30-11-7-4-8-12-30)32-19-22-34(35(38)23-32)37(42)45-26-29-9-5-3-6-10-29/h3,5-6,9-10,13-23,30H,4,7-8,11-12,24-26H2,1-2H3. The van der Waals surface area contributed by atoms with Crippen LogP contribution in [0.2, 0.25) is 0 Å². The molecule has 0 aromatic heterocycles. The summed E-state index contributed by atoms with van der Waals surface area (Å²) in [5.74, 6) is -1.70. The first-order chi connectivity index (χ1) is 22.1. The number of aryl methyl sites for hydroxylation is 1. The zero-order chi connectivity index (χ0) is 32.7. The third-order valence-corrected chi connectivity index (χ3v) is 10.3. The fourth-order valence-corrected chi connectivity index (χ4v) is 6.85. The van der Waals surface area contributed by atoms with Crippen LogP contribution in [-0.2, 0) is 32.7 Å². The maximum Gasteiger partial charge on any atom is 0.341 e. The lowest BCUT2D eigenvalue weighted by molar-refractivity contribution is -0.118. The molecule has 46 heavy (non-hydrogen) atoms. The van der Waals surface area contributed by atoms with Gasteiger partial charge in [0.2, 0.25) is 15.9 Å². The second-order valence-corrected chi connectivity index (χ2v) is 13.9. The van der Waals surface area contributed by atoms with Crippen molar-refractivity contribution in [2.24, 2.45) is 0 Å². The lowest BCUT2D eigenvalue weighted by Crippen LogP contribution is -2.41. The highest BCUT2D eigenvalue weighted by atomic mass is 32.2. The summed E-state index contributed by atoms with van der Waals surface area (Å²) in [5, 5.41) is 0. The Kier molecular flexibility index (Phi) is 10.7. The van der Waals surface area contributed by atoms with Crippen LogP contribution in [0, 0.1) is 12.7 Å². The van der Waals surface area contributed by atoms with Crippen LogP contribution in [0.25, 0.3) is 0 Å². The van der Waals surface area contributed by atoms with Crippen LogP contribution in [0.4, 0.5) is 10.1 Å². The van der Waals surface area contributed by atoms with Crippen molar-refractivity contribution in [3.63, 3.8) is 0 Å². The number of carbonyl (C=O) groups is 2. The fourth-order valence-electron chi connectivity index (χ4n) is 5.73. The molecule has 7 nitrogen and oxygen atoms in total. The van der Waals surface area contributed by atoms with Gasteiger partial charge in [-0.15, -0.1) is 0 Å². The number of halogens is 1. The Morgan fingerprint density at radius 3 is 2.17 bits per heavy atom. The lowest BCUT2D eigenvalue weighted by atomic mass is 9.84. The first kappa shape index (κ1) is 33.0. The second kappa shape index (κ2) is 14.8. The summed E-state index contributed by atoms with van der Waals surface area (Å²) in [6.07, 6.45) is 6.01. The van der Waals surface area contributed by atoms with E-state index in [4.69, 9.17) is 4.74 Å². The van der Waals surface area contributed by atoms with Crippen molar-refractivity contribution in [2.75, 3.05) is 18.5 Å². The summed E-state index contributed by atoms with van der Waals surface area (Å²) in [5.41, 5.74) is 3.68. The van der Waals surface area contributed by atoms with Gasteiger partial charge in [0.15, 0.2) is 0 Å². The molecule has 4 aromatic carbocycles. The number of amides is 1. The Labute approximate surface area is 270 Å².